The number of rotatable bonds is 6. The standard InChI is InChI=1S/C26H30FN7O3/c1-17-24(34-16-23(31-32-34)26(36)29-20-5-3-2-4-6-20)14-21(15-28-17)30-25(35)18-11-19(27)13-22(12-18)33-7-9-37-10-8-33/h11-16,20H,2-10H2,1H3,(H,29,36)(H,30,35). The largest absolute Gasteiger partial charge is 0.378 e. The molecule has 5 rings (SSSR count). The van der Waals surface area contributed by atoms with Crippen LogP contribution in [0.15, 0.2) is 36.7 Å². The molecule has 10 nitrogen and oxygen atoms in total. The fourth-order valence-electron chi connectivity index (χ4n) is 4.73. The maximum atomic E-state index is 14.3. The van der Waals surface area contributed by atoms with E-state index in [4.69, 9.17) is 4.74 Å². The minimum absolute atomic E-state index is 0.167. The van der Waals surface area contributed by atoms with Gasteiger partial charge in [-0.3, -0.25) is 14.6 Å². The van der Waals surface area contributed by atoms with Crippen molar-refractivity contribution in [2.24, 2.45) is 0 Å². The van der Waals surface area contributed by atoms with E-state index in [1.807, 2.05) is 4.90 Å². The number of carbonyl (C=O) groups excluding carboxylic acids is 2. The predicted octanol–water partition coefficient (Wildman–Crippen LogP) is 3.26. The quantitative estimate of drug-likeness (QED) is 0.526. The van der Waals surface area contributed by atoms with E-state index in [1.165, 1.54) is 29.4 Å². The Morgan fingerprint density at radius 3 is 2.62 bits per heavy atom. The van der Waals surface area contributed by atoms with Crippen LogP contribution < -0.4 is 15.5 Å². The highest BCUT2D eigenvalue weighted by atomic mass is 19.1. The third-order valence-electron chi connectivity index (χ3n) is 6.75. The number of morpholine rings is 1. The molecule has 3 aromatic rings. The zero-order valence-corrected chi connectivity index (χ0v) is 20.7. The van der Waals surface area contributed by atoms with Gasteiger partial charge in [0.25, 0.3) is 11.8 Å². The van der Waals surface area contributed by atoms with Crippen molar-refractivity contribution in [2.45, 2.75) is 45.1 Å². The number of nitrogens with zero attached hydrogens (tertiary/aromatic N) is 5. The molecule has 11 heteroatoms. The zero-order chi connectivity index (χ0) is 25.8. The number of aryl methyl sites for hydroxylation is 1. The van der Waals surface area contributed by atoms with Crippen LogP contribution in [0.4, 0.5) is 15.8 Å². The van der Waals surface area contributed by atoms with Crippen LogP contribution in [0.2, 0.25) is 0 Å². The lowest BCUT2D eigenvalue weighted by molar-refractivity contribution is 0.0922. The Morgan fingerprint density at radius 2 is 1.84 bits per heavy atom. The Hall–Kier alpha value is -3.86. The summed E-state index contributed by atoms with van der Waals surface area (Å²) in [6.45, 7) is 4.18. The molecule has 194 valence electrons. The maximum absolute atomic E-state index is 14.3. The van der Waals surface area contributed by atoms with E-state index in [2.05, 4.69) is 25.9 Å². The van der Waals surface area contributed by atoms with E-state index in [-0.39, 0.29) is 23.2 Å². The summed E-state index contributed by atoms with van der Waals surface area (Å²) in [7, 11) is 0. The van der Waals surface area contributed by atoms with E-state index in [1.54, 1.807) is 25.3 Å². The lowest BCUT2D eigenvalue weighted by atomic mass is 9.95. The normalized spacial score (nSPS) is 16.4. The van der Waals surface area contributed by atoms with Gasteiger partial charge in [0.15, 0.2) is 5.69 Å². The molecule has 1 aromatic carbocycles. The van der Waals surface area contributed by atoms with Gasteiger partial charge in [0, 0.05) is 30.4 Å². The highest BCUT2D eigenvalue weighted by molar-refractivity contribution is 6.05. The number of carbonyl (C=O) groups is 2. The number of nitrogens with one attached hydrogen (secondary N) is 2. The number of amides is 2. The van der Waals surface area contributed by atoms with E-state index in [9.17, 15) is 14.0 Å². The van der Waals surface area contributed by atoms with Gasteiger partial charge in [-0.1, -0.05) is 24.5 Å². The molecule has 1 aliphatic heterocycles. The van der Waals surface area contributed by atoms with Crippen molar-refractivity contribution in [2.75, 3.05) is 36.5 Å². The van der Waals surface area contributed by atoms with Crippen LogP contribution in [0.25, 0.3) is 5.69 Å². The van der Waals surface area contributed by atoms with Gasteiger partial charge in [-0.2, -0.15) is 0 Å². The first-order valence-corrected chi connectivity index (χ1v) is 12.6. The Kier molecular flexibility index (Phi) is 7.40. The van der Waals surface area contributed by atoms with Crippen LogP contribution in [0.1, 0.15) is 58.6 Å². The summed E-state index contributed by atoms with van der Waals surface area (Å²) in [5.74, 6) is -1.20. The van der Waals surface area contributed by atoms with Crippen LogP contribution in [-0.4, -0.2) is 64.1 Å². The van der Waals surface area contributed by atoms with Gasteiger partial charge in [-0.15, -0.1) is 5.10 Å². The molecular formula is C26H30FN7O3. The first-order chi connectivity index (χ1) is 18.0. The topological polar surface area (TPSA) is 114 Å². The fraction of sp³-hybridized carbons (Fsp3) is 0.423. The second-order valence-electron chi connectivity index (χ2n) is 9.44. The number of aromatic nitrogens is 4. The molecular weight excluding hydrogens is 477 g/mol. The molecule has 2 amide bonds. The Labute approximate surface area is 214 Å². The summed E-state index contributed by atoms with van der Waals surface area (Å²) in [5.41, 5.74) is 2.67. The number of anilines is 2. The summed E-state index contributed by atoms with van der Waals surface area (Å²) >= 11 is 0. The minimum Gasteiger partial charge on any atom is -0.378 e. The highest BCUT2D eigenvalue weighted by Crippen LogP contribution is 2.22. The molecule has 0 bridgehead atoms. The summed E-state index contributed by atoms with van der Waals surface area (Å²) in [4.78, 5) is 32.0. The first kappa shape index (κ1) is 24.8. The van der Waals surface area contributed by atoms with Crippen molar-refractivity contribution < 1.29 is 18.7 Å². The van der Waals surface area contributed by atoms with E-state index >= 15 is 0 Å². The smallest absolute Gasteiger partial charge is 0.273 e. The van der Waals surface area contributed by atoms with Crippen LogP contribution in [0.5, 0.6) is 0 Å². The number of hydrogen-bond donors (Lipinski definition) is 2. The third kappa shape index (κ3) is 5.93. The number of pyridine rings is 1. The fourth-order valence-corrected chi connectivity index (χ4v) is 4.73. The van der Waals surface area contributed by atoms with Crippen LogP contribution in [-0.2, 0) is 4.74 Å². The molecule has 3 heterocycles. The molecule has 0 spiro atoms. The van der Waals surface area contributed by atoms with Crippen molar-refractivity contribution in [3.05, 3.63) is 59.4 Å². The molecule has 0 unspecified atom stereocenters. The second kappa shape index (κ2) is 11.0. The van der Waals surface area contributed by atoms with Gasteiger partial charge < -0.3 is 20.3 Å². The summed E-state index contributed by atoms with van der Waals surface area (Å²) in [5, 5.41) is 14.0. The number of benzene rings is 1. The summed E-state index contributed by atoms with van der Waals surface area (Å²) in [6, 6.07) is 6.15. The maximum Gasteiger partial charge on any atom is 0.273 e. The highest BCUT2D eigenvalue weighted by Gasteiger charge is 2.20. The van der Waals surface area contributed by atoms with Gasteiger partial charge in [-0.05, 0) is 44.0 Å². The summed E-state index contributed by atoms with van der Waals surface area (Å²) in [6.07, 6.45) is 8.46. The molecule has 0 radical (unpaired) electrons. The molecule has 0 atom stereocenters. The second-order valence-corrected chi connectivity index (χ2v) is 9.44. The SMILES string of the molecule is Cc1ncc(NC(=O)c2cc(F)cc(N3CCOCC3)c2)cc1-n1cc(C(=O)NC2CCCCC2)nn1. The van der Waals surface area contributed by atoms with Crippen molar-refractivity contribution in [3.8, 4) is 5.69 Å². The predicted molar refractivity (Wildman–Crippen MR) is 136 cm³/mol. The van der Waals surface area contributed by atoms with Gasteiger partial charge in [0.1, 0.15) is 5.82 Å². The van der Waals surface area contributed by atoms with Gasteiger partial charge in [0.2, 0.25) is 0 Å². The number of hydrogen-bond acceptors (Lipinski definition) is 7. The molecule has 1 saturated carbocycles. The number of halogens is 1. The van der Waals surface area contributed by atoms with Crippen molar-refractivity contribution >= 4 is 23.2 Å². The molecule has 2 aromatic heterocycles. The Balaban J connectivity index is 1.30. The van der Waals surface area contributed by atoms with E-state index in [0.29, 0.717) is 49.1 Å². The average molecular weight is 508 g/mol. The minimum atomic E-state index is -0.487. The van der Waals surface area contributed by atoms with Gasteiger partial charge >= 0.3 is 0 Å². The molecule has 1 saturated heterocycles. The average Bonchev–Trinajstić information content (AvgIpc) is 3.41. The van der Waals surface area contributed by atoms with E-state index in [0.717, 1.165) is 25.7 Å². The van der Waals surface area contributed by atoms with Crippen molar-refractivity contribution in [1.29, 1.82) is 0 Å². The van der Waals surface area contributed by atoms with E-state index < -0.39 is 11.7 Å². The first-order valence-electron chi connectivity index (χ1n) is 12.6. The molecule has 2 fully saturated rings. The molecule has 37 heavy (non-hydrogen) atoms. The van der Waals surface area contributed by atoms with Crippen LogP contribution in [0.3, 0.4) is 0 Å². The van der Waals surface area contributed by atoms with Crippen molar-refractivity contribution in [1.82, 2.24) is 25.3 Å². The monoisotopic (exact) mass is 507 g/mol. The van der Waals surface area contributed by atoms with Crippen LogP contribution in [0, 0.1) is 12.7 Å². The third-order valence-corrected chi connectivity index (χ3v) is 6.75. The van der Waals surface area contributed by atoms with Crippen LogP contribution >= 0.6 is 0 Å². The molecule has 2 N–H and O–H groups in total. The zero-order valence-electron chi connectivity index (χ0n) is 20.7. The number of ether oxygens (including phenoxy) is 1. The van der Waals surface area contributed by atoms with Gasteiger partial charge in [0.05, 0.1) is 42.7 Å². The molecule has 1 aliphatic carbocycles. The Bertz CT molecular complexity index is 1280. The summed E-state index contributed by atoms with van der Waals surface area (Å²) < 4.78 is 21.2. The van der Waals surface area contributed by atoms with Crippen molar-refractivity contribution in [3.63, 3.8) is 0 Å². The lowest BCUT2D eigenvalue weighted by Gasteiger charge is -2.29. The lowest BCUT2D eigenvalue weighted by Crippen LogP contribution is -2.36. The Morgan fingerprint density at radius 1 is 1.05 bits per heavy atom. The van der Waals surface area contributed by atoms with Gasteiger partial charge in [-0.25, -0.2) is 9.07 Å². The molecule has 2 aliphatic rings.